The van der Waals surface area contributed by atoms with E-state index in [1.807, 2.05) is 17.2 Å². The second kappa shape index (κ2) is 10.9. The number of hydrogen-bond donors (Lipinski definition) is 3. The number of benzene rings is 1. The van der Waals surface area contributed by atoms with Crippen LogP contribution in [-0.2, 0) is 9.59 Å². The summed E-state index contributed by atoms with van der Waals surface area (Å²) >= 11 is 1.41. The number of nitrogens with zero attached hydrogens (tertiary/aromatic N) is 2. The molecule has 32 heavy (non-hydrogen) atoms. The number of anilines is 1. The Morgan fingerprint density at radius 3 is 2.47 bits per heavy atom. The van der Waals surface area contributed by atoms with E-state index >= 15 is 0 Å². The number of aromatic nitrogens is 1. The molecule has 3 rings (SSSR count). The Bertz CT molecular complexity index is 971. The molecule has 3 amide bonds. The second-order valence-electron chi connectivity index (χ2n) is 7.41. The van der Waals surface area contributed by atoms with Crippen molar-refractivity contribution in [3.63, 3.8) is 0 Å². The molecule has 0 bridgehead atoms. The average Bonchev–Trinajstić information content (AvgIpc) is 3.21. The van der Waals surface area contributed by atoms with Crippen molar-refractivity contribution in [1.82, 2.24) is 20.7 Å². The molecule has 1 saturated heterocycles. The second-order valence-corrected chi connectivity index (χ2v) is 8.26. The fourth-order valence-corrected chi connectivity index (χ4v) is 4.08. The molecule has 11 heteroatoms. The van der Waals surface area contributed by atoms with Crippen LogP contribution in [0.3, 0.4) is 0 Å². The van der Waals surface area contributed by atoms with Crippen LogP contribution in [0.25, 0.3) is 0 Å². The van der Waals surface area contributed by atoms with Crippen LogP contribution >= 0.6 is 11.3 Å². The first-order valence-corrected chi connectivity index (χ1v) is 11.0. The van der Waals surface area contributed by atoms with Crippen molar-refractivity contribution >= 4 is 34.2 Å². The third-order valence-electron chi connectivity index (χ3n) is 5.14. The van der Waals surface area contributed by atoms with Crippen LogP contribution in [0.2, 0.25) is 0 Å². The molecule has 0 radical (unpaired) electrons. The van der Waals surface area contributed by atoms with Gasteiger partial charge in [0, 0.05) is 16.9 Å². The summed E-state index contributed by atoms with van der Waals surface area (Å²) in [5.74, 6) is -0.0173. The van der Waals surface area contributed by atoms with E-state index in [9.17, 15) is 14.4 Å². The Morgan fingerprint density at radius 1 is 1.12 bits per heavy atom. The molecule has 0 unspecified atom stereocenters. The lowest BCUT2D eigenvalue weighted by Gasteiger charge is -2.30. The van der Waals surface area contributed by atoms with Crippen LogP contribution in [0.15, 0.2) is 23.6 Å². The average molecular weight is 462 g/mol. The van der Waals surface area contributed by atoms with Crippen LogP contribution in [0.4, 0.5) is 5.13 Å². The SMILES string of the molecule is COc1ccc(C(=O)NNC(=O)CN2CCC(C(=O)Nc3nc(C)cs3)CC2)cc1OC. The van der Waals surface area contributed by atoms with E-state index in [0.717, 1.165) is 5.69 Å². The van der Waals surface area contributed by atoms with Gasteiger partial charge in [-0.25, -0.2) is 4.98 Å². The number of methoxy groups -OCH3 is 2. The molecule has 172 valence electrons. The van der Waals surface area contributed by atoms with Crippen LogP contribution in [0, 0.1) is 12.8 Å². The Hall–Kier alpha value is -3.18. The summed E-state index contributed by atoms with van der Waals surface area (Å²) in [4.78, 5) is 43.1. The molecule has 10 nitrogen and oxygen atoms in total. The third kappa shape index (κ3) is 6.17. The molecule has 2 heterocycles. The predicted octanol–water partition coefficient (Wildman–Crippen LogP) is 1.58. The first-order chi connectivity index (χ1) is 15.4. The first kappa shape index (κ1) is 23.5. The quantitative estimate of drug-likeness (QED) is 0.535. The predicted molar refractivity (Wildman–Crippen MR) is 120 cm³/mol. The maximum absolute atomic E-state index is 12.4. The molecule has 1 aromatic heterocycles. The van der Waals surface area contributed by atoms with E-state index in [-0.39, 0.29) is 24.3 Å². The van der Waals surface area contributed by atoms with Gasteiger partial charge in [-0.1, -0.05) is 0 Å². The molecular formula is C21H27N5O5S. The van der Waals surface area contributed by atoms with Crippen molar-refractivity contribution < 1.29 is 23.9 Å². The standard InChI is InChI=1S/C21H27N5O5S/c1-13-12-32-21(22-13)23-19(28)14-6-8-26(9-7-14)11-18(27)24-25-20(29)15-4-5-16(30-2)17(10-15)31-3/h4-5,10,12,14H,6-9,11H2,1-3H3,(H,24,27)(H,25,29)(H,22,23,28). The van der Waals surface area contributed by atoms with Gasteiger partial charge < -0.3 is 14.8 Å². The van der Waals surface area contributed by atoms with E-state index in [1.165, 1.54) is 31.6 Å². The number of thiazole rings is 1. The normalized spacial score (nSPS) is 14.5. The molecule has 0 atom stereocenters. The summed E-state index contributed by atoms with van der Waals surface area (Å²) in [7, 11) is 2.99. The van der Waals surface area contributed by atoms with Gasteiger partial charge in [0.05, 0.1) is 26.5 Å². The van der Waals surface area contributed by atoms with Crippen molar-refractivity contribution in [3.05, 3.63) is 34.8 Å². The maximum Gasteiger partial charge on any atom is 0.269 e. The van der Waals surface area contributed by atoms with Gasteiger partial charge in [-0.2, -0.15) is 0 Å². The van der Waals surface area contributed by atoms with Crippen LogP contribution in [0.1, 0.15) is 28.9 Å². The van der Waals surface area contributed by atoms with Crippen molar-refractivity contribution in [1.29, 1.82) is 0 Å². The van der Waals surface area contributed by atoms with Gasteiger partial charge in [-0.3, -0.25) is 30.1 Å². The topological polar surface area (TPSA) is 122 Å². The smallest absolute Gasteiger partial charge is 0.269 e. The van der Waals surface area contributed by atoms with Crippen molar-refractivity contribution in [2.75, 3.05) is 39.2 Å². The van der Waals surface area contributed by atoms with Gasteiger partial charge >= 0.3 is 0 Å². The Kier molecular flexibility index (Phi) is 8.01. The number of aryl methyl sites for hydroxylation is 1. The number of carbonyl (C=O) groups excluding carboxylic acids is 3. The van der Waals surface area contributed by atoms with Gasteiger partial charge in [0.1, 0.15) is 0 Å². The first-order valence-electron chi connectivity index (χ1n) is 10.2. The fourth-order valence-electron chi connectivity index (χ4n) is 3.39. The van der Waals surface area contributed by atoms with Crippen molar-refractivity contribution in [2.24, 2.45) is 5.92 Å². The molecule has 0 saturated carbocycles. The Morgan fingerprint density at radius 2 is 1.84 bits per heavy atom. The van der Waals surface area contributed by atoms with E-state index < -0.39 is 5.91 Å². The van der Waals surface area contributed by atoms with Crippen LogP contribution < -0.4 is 25.6 Å². The Labute approximate surface area is 190 Å². The number of piperidine rings is 1. The van der Waals surface area contributed by atoms with Crippen LogP contribution in [0.5, 0.6) is 11.5 Å². The number of nitrogens with one attached hydrogen (secondary N) is 3. The van der Waals surface area contributed by atoms with E-state index in [2.05, 4.69) is 21.2 Å². The summed E-state index contributed by atoms with van der Waals surface area (Å²) in [6.07, 6.45) is 1.31. The number of amides is 3. The van der Waals surface area contributed by atoms with Gasteiger partial charge in [-0.15, -0.1) is 11.3 Å². The highest BCUT2D eigenvalue weighted by molar-refractivity contribution is 7.13. The van der Waals surface area contributed by atoms with Crippen molar-refractivity contribution in [2.45, 2.75) is 19.8 Å². The van der Waals surface area contributed by atoms with Gasteiger partial charge in [0.25, 0.3) is 11.8 Å². The minimum atomic E-state index is -0.466. The molecule has 1 aliphatic rings. The highest BCUT2D eigenvalue weighted by atomic mass is 32.1. The Balaban J connectivity index is 1.40. The largest absolute Gasteiger partial charge is 0.493 e. The number of hydrogen-bond acceptors (Lipinski definition) is 8. The summed E-state index contributed by atoms with van der Waals surface area (Å²) in [6.45, 7) is 3.25. The van der Waals surface area contributed by atoms with Gasteiger partial charge in [-0.05, 0) is 51.1 Å². The lowest BCUT2D eigenvalue weighted by atomic mass is 9.96. The van der Waals surface area contributed by atoms with E-state index in [1.54, 1.807) is 12.1 Å². The minimum Gasteiger partial charge on any atom is -0.493 e. The molecule has 0 spiro atoms. The zero-order chi connectivity index (χ0) is 23.1. The molecule has 3 N–H and O–H groups in total. The molecular weight excluding hydrogens is 434 g/mol. The number of likely N-dealkylation sites (tertiary alicyclic amines) is 1. The number of ether oxygens (including phenoxy) is 2. The third-order valence-corrected chi connectivity index (χ3v) is 6.01. The molecule has 1 aromatic carbocycles. The summed E-state index contributed by atoms with van der Waals surface area (Å²) in [5.41, 5.74) is 6.03. The highest BCUT2D eigenvalue weighted by Crippen LogP contribution is 2.27. The highest BCUT2D eigenvalue weighted by Gasteiger charge is 2.26. The monoisotopic (exact) mass is 461 g/mol. The molecule has 0 aliphatic carbocycles. The lowest BCUT2D eigenvalue weighted by molar-refractivity contribution is -0.124. The van der Waals surface area contributed by atoms with Crippen LogP contribution in [-0.4, -0.2) is 61.5 Å². The fraction of sp³-hybridized carbons (Fsp3) is 0.429. The number of rotatable bonds is 7. The summed E-state index contributed by atoms with van der Waals surface area (Å²) < 4.78 is 10.3. The summed E-state index contributed by atoms with van der Waals surface area (Å²) in [5, 5.41) is 5.36. The molecule has 1 aliphatic heterocycles. The van der Waals surface area contributed by atoms with Crippen molar-refractivity contribution in [3.8, 4) is 11.5 Å². The molecule has 2 aromatic rings. The van der Waals surface area contributed by atoms with Gasteiger partial charge in [0.15, 0.2) is 16.6 Å². The molecule has 1 fully saturated rings. The minimum absolute atomic E-state index is 0.0364. The number of carbonyl (C=O) groups is 3. The van der Waals surface area contributed by atoms with E-state index in [4.69, 9.17) is 9.47 Å². The maximum atomic E-state index is 12.4. The lowest BCUT2D eigenvalue weighted by Crippen LogP contribution is -2.48. The van der Waals surface area contributed by atoms with Gasteiger partial charge in [0.2, 0.25) is 5.91 Å². The number of hydrazine groups is 1. The summed E-state index contributed by atoms with van der Waals surface area (Å²) in [6, 6.07) is 4.72. The zero-order valence-electron chi connectivity index (χ0n) is 18.3. The van der Waals surface area contributed by atoms with E-state index in [0.29, 0.717) is 48.1 Å². The zero-order valence-corrected chi connectivity index (χ0v) is 19.1.